The molecule has 0 unspecified atom stereocenters. The summed E-state index contributed by atoms with van der Waals surface area (Å²) in [5, 5.41) is 0. The number of anilines is 3. The molecule has 2 aromatic carbocycles. The Kier molecular flexibility index (Phi) is 2.40. The van der Waals surface area contributed by atoms with E-state index in [1.54, 1.807) is 4.31 Å². The molecule has 3 rings (SSSR count). The van der Waals surface area contributed by atoms with E-state index >= 15 is 0 Å². The Balaban J connectivity index is 2.10. The minimum Gasteiger partial charge on any atom is -0.310 e. The van der Waals surface area contributed by atoms with Crippen LogP contribution in [0.4, 0.5) is 25.8 Å². The van der Waals surface area contributed by atoms with Gasteiger partial charge in [-0.2, -0.15) is 0 Å². The molecule has 86 valence electrons. The zero-order valence-corrected chi connectivity index (χ0v) is 9.47. The third-order valence-electron chi connectivity index (χ3n) is 2.50. The van der Waals surface area contributed by atoms with Crippen LogP contribution < -0.4 is 9.03 Å². The number of hydrogen-bond acceptors (Lipinski definition) is 3. The SMILES string of the molecule is Fc1ccc(F)c(N2SNc3ccccc32)c1. The van der Waals surface area contributed by atoms with Crippen LogP contribution in [-0.2, 0) is 0 Å². The standard InChI is InChI=1S/C12H8F2N2S/c13-8-5-6-9(14)12(7-8)16-11-4-2-1-3-10(11)15-17-16/h1-7,15H. The van der Waals surface area contributed by atoms with Gasteiger partial charge in [-0.1, -0.05) is 12.1 Å². The van der Waals surface area contributed by atoms with Crippen LogP contribution in [0.2, 0.25) is 0 Å². The molecule has 0 aromatic heterocycles. The fourth-order valence-electron chi connectivity index (χ4n) is 1.70. The van der Waals surface area contributed by atoms with Crippen molar-refractivity contribution in [1.82, 2.24) is 0 Å². The molecule has 0 saturated carbocycles. The molecule has 1 aliphatic heterocycles. The van der Waals surface area contributed by atoms with Crippen LogP contribution in [0.25, 0.3) is 0 Å². The van der Waals surface area contributed by atoms with Gasteiger partial charge in [-0.3, -0.25) is 4.31 Å². The number of hydrogen-bond donors (Lipinski definition) is 1. The fourth-order valence-corrected chi connectivity index (χ4v) is 2.56. The Morgan fingerprint density at radius 1 is 1.00 bits per heavy atom. The second-order valence-electron chi connectivity index (χ2n) is 3.60. The molecule has 0 saturated heterocycles. The quantitative estimate of drug-likeness (QED) is 0.767. The highest BCUT2D eigenvalue weighted by atomic mass is 32.2. The summed E-state index contributed by atoms with van der Waals surface area (Å²) >= 11 is 1.22. The first kappa shape index (κ1) is 10.4. The third kappa shape index (κ3) is 1.72. The van der Waals surface area contributed by atoms with Gasteiger partial charge in [0.25, 0.3) is 0 Å². The van der Waals surface area contributed by atoms with Gasteiger partial charge in [-0.15, -0.1) is 0 Å². The van der Waals surface area contributed by atoms with Gasteiger partial charge < -0.3 is 4.72 Å². The molecular weight excluding hydrogens is 242 g/mol. The highest BCUT2D eigenvalue weighted by Gasteiger charge is 2.23. The van der Waals surface area contributed by atoms with Crippen molar-refractivity contribution in [3.63, 3.8) is 0 Å². The van der Waals surface area contributed by atoms with E-state index in [4.69, 9.17) is 0 Å². The van der Waals surface area contributed by atoms with Crippen LogP contribution in [0.15, 0.2) is 42.5 Å². The van der Waals surface area contributed by atoms with Crippen LogP contribution in [0, 0.1) is 11.6 Å². The lowest BCUT2D eigenvalue weighted by molar-refractivity contribution is 0.602. The maximum atomic E-state index is 13.7. The largest absolute Gasteiger partial charge is 0.310 e. The first-order valence-electron chi connectivity index (χ1n) is 5.03. The lowest BCUT2D eigenvalue weighted by Gasteiger charge is -2.16. The van der Waals surface area contributed by atoms with Gasteiger partial charge in [0, 0.05) is 6.07 Å². The van der Waals surface area contributed by atoms with Crippen molar-refractivity contribution in [1.29, 1.82) is 0 Å². The number of fused-ring (bicyclic) bond motifs is 1. The molecule has 2 nitrogen and oxygen atoms in total. The number of benzene rings is 2. The first-order valence-corrected chi connectivity index (χ1v) is 5.80. The zero-order chi connectivity index (χ0) is 11.8. The minimum atomic E-state index is -0.452. The predicted molar refractivity (Wildman–Crippen MR) is 66.2 cm³/mol. The molecule has 0 fully saturated rings. The summed E-state index contributed by atoms with van der Waals surface area (Å²) in [4.78, 5) is 0. The summed E-state index contributed by atoms with van der Waals surface area (Å²) in [5.41, 5.74) is 1.93. The second kappa shape index (κ2) is 3.92. The summed E-state index contributed by atoms with van der Waals surface area (Å²) in [5.74, 6) is -0.899. The third-order valence-corrected chi connectivity index (χ3v) is 3.38. The van der Waals surface area contributed by atoms with Crippen molar-refractivity contribution in [3.8, 4) is 0 Å². The van der Waals surface area contributed by atoms with Crippen molar-refractivity contribution in [2.75, 3.05) is 9.03 Å². The molecule has 0 amide bonds. The zero-order valence-electron chi connectivity index (χ0n) is 8.65. The van der Waals surface area contributed by atoms with Gasteiger partial charge in [0.2, 0.25) is 0 Å². The van der Waals surface area contributed by atoms with Crippen LogP contribution in [0.1, 0.15) is 0 Å². The van der Waals surface area contributed by atoms with Crippen molar-refractivity contribution >= 4 is 29.2 Å². The number of para-hydroxylation sites is 2. The Hall–Kier alpha value is -1.75. The smallest absolute Gasteiger partial charge is 0.148 e. The Morgan fingerprint density at radius 2 is 1.82 bits per heavy atom. The highest BCUT2D eigenvalue weighted by Crippen LogP contribution is 2.44. The highest BCUT2D eigenvalue weighted by molar-refractivity contribution is 8.02. The second-order valence-corrected chi connectivity index (χ2v) is 4.35. The van der Waals surface area contributed by atoms with E-state index in [1.165, 1.54) is 18.2 Å². The molecule has 1 aliphatic rings. The van der Waals surface area contributed by atoms with E-state index in [2.05, 4.69) is 4.72 Å². The van der Waals surface area contributed by atoms with Gasteiger partial charge in [0.1, 0.15) is 11.6 Å². The van der Waals surface area contributed by atoms with Crippen molar-refractivity contribution < 1.29 is 8.78 Å². The van der Waals surface area contributed by atoms with Gasteiger partial charge in [-0.05, 0) is 24.3 Å². The normalized spacial score (nSPS) is 13.4. The minimum absolute atomic E-state index is 0.215. The molecule has 0 spiro atoms. The van der Waals surface area contributed by atoms with Crippen molar-refractivity contribution in [2.45, 2.75) is 0 Å². The summed E-state index contributed by atoms with van der Waals surface area (Å²) in [7, 11) is 0. The van der Waals surface area contributed by atoms with Crippen molar-refractivity contribution in [2.24, 2.45) is 0 Å². The molecule has 0 atom stereocenters. The van der Waals surface area contributed by atoms with Crippen LogP contribution in [0.5, 0.6) is 0 Å². The fraction of sp³-hybridized carbons (Fsp3) is 0. The van der Waals surface area contributed by atoms with E-state index in [1.807, 2.05) is 24.3 Å². The van der Waals surface area contributed by atoms with E-state index in [0.29, 0.717) is 0 Å². The predicted octanol–water partition coefficient (Wildman–Crippen LogP) is 4.09. The number of nitrogens with zero attached hydrogens (tertiary/aromatic N) is 1. The van der Waals surface area contributed by atoms with Crippen LogP contribution in [0.3, 0.4) is 0 Å². The van der Waals surface area contributed by atoms with E-state index < -0.39 is 11.6 Å². The van der Waals surface area contributed by atoms with E-state index in [0.717, 1.165) is 23.5 Å². The summed E-state index contributed by atoms with van der Waals surface area (Å²) in [6, 6.07) is 10.9. The maximum Gasteiger partial charge on any atom is 0.148 e. The van der Waals surface area contributed by atoms with Crippen LogP contribution >= 0.6 is 12.1 Å². The average molecular weight is 250 g/mol. The van der Waals surface area contributed by atoms with Crippen LogP contribution in [-0.4, -0.2) is 0 Å². The molecule has 0 bridgehead atoms. The van der Waals surface area contributed by atoms with Gasteiger partial charge in [-0.25, -0.2) is 8.78 Å². The molecule has 2 aromatic rings. The van der Waals surface area contributed by atoms with Gasteiger partial charge >= 0.3 is 0 Å². The average Bonchev–Trinajstić information content (AvgIpc) is 2.76. The summed E-state index contributed by atoms with van der Waals surface area (Å²) in [6.45, 7) is 0. The number of rotatable bonds is 1. The summed E-state index contributed by atoms with van der Waals surface area (Å²) in [6.07, 6.45) is 0. The monoisotopic (exact) mass is 250 g/mol. The molecule has 0 aliphatic carbocycles. The molecule has 5 heteroatoms. The lowest BCUT2D eigenvalue weighted by Crippen LogP contribution is -2.05. The Labute approximate surface area is 102 Å². The first-order chi connectivity index (χ1) is 8.25. The molecule has 1 N–H and O–H groups in total. The van der Waals surface area contributed by atoms with Crippen molar-refractivity contribution in [3.05, 3.63) is 54.1 Å². The summed E-state index contributed by atoms with van der Waals surface area (Å²) < 4.78 is 31.5. The number of halogens is 2. The maximum absolute atomic E-state index is 13.7. The van der Waals surface area contributed by atoms with Gasteiger partial charge in [0.15, 0.2) is 0 Å². The molecule has 17 heavy (non-hydrogen) atoms. The molecular formula is C12H8F2N2S. The lowest BCUT2D eigenvalue weighted by atomic mass is 10.2. The van der Waals surface area contributed by atoms with Gasteiger partial charge in [0.05, 0.1) is 29.2 Å². The Morgan fingerprint density at radius 3 is 2.71 bits per heavy atom. The van der Waals surface area contributed by atoms with E-state index in [9.17, 15) is 8.78 Å². The Bertz CT molecular complexity index is 574. The number of nitrogens with one attached hydrogen (secondary N) is 1. The molecule has 0 radical (unpaired) electrons. The topological polar surface area (TPSA) is 15.3 Å². The van der Waals surface area contributed by atoms with E-state index in [-0.39, 0.29) is 5.69 Å². The molecule has 1 heterocycles.